The Morgan fingerprint density at radius 1 is 1.33 bits per heavy atom. The molecule has 5 nitrogen and oxygen atoms in total. The van der Waals surface area contributed by atoms with Gasteiger partial charge in [0.25, 0.3) is 12.3 Å². The number of hydrogen-bond donors (Lipinski definition) is 1. The SMILES string of the molecule is C=C/C=C\C=C(/CC)C(O/C(C(=O)N1CCc2nc[nH]c2C1)=C(\C)C(F)F)=C(C)C. The molecular formula is C23H29F2N3O2. The Balaban J connectivity index is 2.39. The van der Waals surface area contributed by atoms with Gasteiger partial charge in [-0.2, -0.15) is 0 Å². The number of nitrogens with zero attached hydrogens (tertiary/aromatic N) is 2. The molecule has 1 aliphatic rings. The van der Waals surface area contributed by atoms with E-state index in [1.54, 1.807) is 24.6 Å². The summed E-state index contributed by atoms with van der Waals surface area (Å²) in [5, 5.41) is 0. The van der Waals surface area contributed by atoms with Crippen LogP contribution in [-0.4, -0.2) is 33.7 Å². The lowest BCUT2D eigenvalue weighted by Gasteiger charge is -2.28. The molecule has 1 aliphatic heterocycles. The number of nitrogens with one attached hydrogen (secondary N) is 1. The summed E-state index contributed by atoms with van der Waals surface area (Å²) in [4.78, 5) is 21.9. The molecule has 0 aromatic carbocycles. The largest absolute Gasteiger partial charge is 0.451 e. The number of H-pyrrole nitrogens is 1. The van der Waals surface area contributed by atoms with Crippen LogP contribution in [0.4, 0.5) is 8.78 Å². The van der Waals surface area contributed by atoms with Gasteiger partial charge in [-0.3, -0.25) is 4.79 Å². The van der Waals surface area contributed by atoms with E-state index < -0.39 is 12.3 Å². The highest BCUT2D eigenvalue weighted by molar-refractivity contribution is 5.92. The number of halogens is 2. The van der Waals surface area contributed by atoms with E-state index >= 15 is 0 Å². The number of aromatic nitrogens is 2. The zero-order valence-corrected chi connectivity index (χ0v) is 18.0. The molecule has 0 aliphatic carbocycles. The van der Waals surface area contributed by atoms with Gasteiger partial charge in [0.05, 0.1) is 24.3 Å². The number of carbonyl (C=O) groups is 1. The van der Waals surface area contributed by atoms with Gasteiger partial charge >= 0.3 is 0 Å². The number of rotatable bonds is 8. The molecular weight excluding hydrogens is 388 g/mol. The Kier molecular flexibility index (Phi) is 8.33. The van der Waals surface area contributed by atoms with Crippen LogP contribution < -0.4 is 0 Å². The van der Waals surface area contributed by atoms with Crippen molar-refractivity contribution in [2.45, 2.75) is 53.5 Å². The maximum absolute atomic E-state index is 13.6. The zero-order valence-electron chi connectivity index (χ0n) is 18.0. The molecule has 1 N–H and O–H groups in total. The van der Waals surface area contributed by atoms with Gasteiger partial charge in [-0.15, -0.1) is 0 Å². The molecule has 1 aromatic heterocycles. The number of aromatic amines is 1. The lowest BCUT2D eigenvalue weighted by Crippen LogP contribution is -2.38. The minimum Gasteiger partial charge on any atom is -0.451 e. The van der Waals surface area contributed by atoms with E-state index in [4.69, 9.17) is 4.74 Å². The van der Waals surface area contributed by atoms with Crippen LogP contribution in [0, 0.1) is 0 Å². The van der Waals surface area contributed by atoms with E-state index in [1.807, 2.05) is 26.8 Å². The smallest absolute Gasteiger partial charge is 0.290 e. The lowest BCUT2D eigenvalue weighted by molar-refractivity contribution is -0.131. The first-order valence-electron chi connectivity index (χ1n) is 9.93. The Bertz CT molecular complexity index is 903. The average Bonchev–Trinajstić information content (AvgIpc) is 3.19. The molecule has 162 valence electrons. The fourth-order valence-corrected chi connectivity index (χ4v) is 3.12. The van der Waals surface area contributed by atoms with E-state index in [0.717, 1.165) is 22.5 Å². The first-order chi connectivity index (χ1) is 14.3. The van der Waals surface area contributed by atoms with Crippen LogP contribution in [0.3, 0.4) is 0 Å². The van der Waals surface area contributed by atoms with Crippen LogP contribution >= 0.6 is 0 Å². The summed E-state index contributed by atoms with van der Waals surface area (Å²) in [6, 6.07) is 0. The molecule has 0 spiro atoms. The summed E-state index contributed by atoms with van der Waals surface area (Å²) in [5.74, 6) is -0.450. The second-order valence-electron chi connectivity index (χ2n) is 7.21. The molecule has 0 atom stereocenters. The molecule has 2 heterocycles. The third kappa shape index (κ3) is 5.55. The normalized spacial score (nSPS) is 15.2. The van der Waals surface area contributed by atoms with Crippen molar-refractivity contribution in [1.82, 2.24) is 14.9 Å². The maximum atomic E-state index is 13.6. The number of imidazole rings is 1. The summed E-state index contributed by atoms with van der Waals surface area (Å²) in [5.41, 5.74) is 2.92. The first kappa shape index (κ1) is 23.3. The summed E-state index contributed by atoms with van der Waals surface area (Å²) in [6.45, 7) is 11.1. The van der Waals surface area contributed by atoms with E-state index in [0.29, 0.717) is 25.1 Å². The molecule has 0 radical (unpaired) electrons. The van der Waals surface area contributed by atoms with Crippen molar-refractivity contribution < 1.29 is 18.3 Å². The monoisotopic (exact) mass is 417 g/mol. The fourth-order valence-electron chi connectivity index (χ4n) is 3.12. The lowest BCUT2D eigenvalue weighted by atomic mass is 10.1. The Hall–Kier alpha value is -2.96. The van der Waals surface area contributed by atoms with Crippen LogP contribution in [0.25, 0.3) is 0 Å². The molecule has 7 heteroatoms. The van der Waals surface area contributed by atoms with Crippen molar-refractivity contribution >= 4 is 5.91 Å². The van der Waals surface area contributed by atoms with Crippen LogP contribution in [-0.2, 0) is 22.5 Å². The van der Waals surface area contributed by atoms with Gasteiger partial charge in [-0.1, -0.05) is 37.8 Å². The Morgan fingerprint density at radius 3 is 2.67 bits per heavy atom. The highest BCUT2D eigenvalue weighted by Crippen LogP contribution is 2.28. The molecule has 1 aromatic rings. The van der Waals surface area contributed by atoms with E-state index in [-0.39, 0.29) is 17.9 Å². The molecule has 0 fully saturated rings. The highest BCUT2D eigenvalue weighted by atomic mass is 19.3. The summed E-state index contributed by atoms with van der Waals surface area (Å²) < 4.78 is 33.1. The molecule has 0 saturated carbocycles. The van der Waals surface area contributed by atoms with Crippen LogP contribution in [0.2, 0.25) is 0 Å². The number of fused-ring (bicyclic) bond motifs is 1. The number of alkyl halides is 2. The molecule has 30 heavy (non-hydrogen) atoms. The van der Waals surface area contributed by atoms with Gasteiger partial charge < -0.3 is 14.6 Å². The van der Waals surface area contributed by atoms with Gasteiger partial charge in [0.15, 0.2) is 5.76 Å². The summed E-state index contributed by atoms with van der Waals surface area (Å²) in [7, 11) is 0. The standard InChI is InChI=1S/C23H29F2N3O2/c1-6-8-9-10-17(7-2)20(15(3)4)30-21(16(5)22(24)25)23(29)28-12-11-18-19(13-28)27-14-26-18/h6,8-10,14,22H,1,7,11-13H2,2-5H3,(H,26,27)/b9-8-,17-10+,21-16+. The van der Waals surface area contributed by atoms with Crippen molar-refractivity contribution in [1.29, 1.82) is 0 Å². The molecule has 0 saturated heterocycles. The van der Waals surface area contributed by atoms with Crippen molar-refractivity contribution in [2.24, 2.45) is 0 Å². The topological polar surface area (TPSA) is 58.2 Å². The van der Waals surface area contributed by atoms with E-state index in [9.17, 15) is 13.6 Å². The number of amides is 1. The summed E-state index contributed by atoms with van der Waals surface area (Å²) >= 11 is 0. The van der Waals surface area contributed by atoms with Gasteiger partial charge in [-0.25, -0.2) is 13.8 Å². The van der Waals surface area contributed by atoms with E-state index in [2.05, 4.69) is 16.5 Å². The average molecular weight is 418 g/mol. The second kappa shape index (κ2) is 10.7. The predicted octanol–water partition coefficient (Wildman–Crippen LogP) is 5.22. The second-order valence-corrected chi connectivity index (χ2v) is 7.21. The van der Waals surface area contributed by atoms with Crippen molar-refractivity contribution in [3.8, 4) is 0 Å². The van der Waals surface area contributed by atoms with Gasteiger partial charge in [0, 0.05) is 18.5 Å². The van der Waals surface area contributed by atoms with Crippen molar-refractivity contribution in [3.63, 3.8) is 0 Å². The van der Waals surface area contributed by atoms with Gasteiger partial charge in [0.1, 0.15) is 5.76 Å². The molecule has 1 amide bonds. The Labute approximate surface area is 176 Å². The highest BCUT2D eigenvalue weighted by Gasteiger charge is 2.30. The summed E-state index contributed by atoms with van der Waals surface area (Å²) in [6.07, 6.45) is 6.99. The molecule has 0 bridgehead atoms. The fraction of sp³-hybridized carbons (Fsp3) is 0.391. The third-order valence-electron chi connectivity index (χ3n) is 4.82. The van der Waals surface area contributed by atoms with Gasteiger partial charge in [-0.05, 0) is 38.3 Å². The first-order valence-corrected chi connectivity index (χ1v) is 9.93. The third-order valence-corrected chi connectivity index (χ3v) is 4.82. The number of hydrogen-bond acceptors (Lipinski definition) is 3. The Morgan fingerprint density at radius 2 is 2.07 bits per heavy atom. The van der Waals surface area contributed by atoms with Crippen LogP contribution in [0.1, 0.15) is 45.5 Å². The molecule has 0 unspecified atom stereocenters. The van der Waals surface area contributed by atoms with Crippen molar-refractivity contribution in [2.75, 3.05) is 6.54 Å². The van der Waals surface area contributed by atoms with Crippen molar-refractivity contribution in [3.05, 3.63) is 76.8 Å². The van der Waals surface area contributed by atoms with Crippen LogP contribution in [0.5, 0.6) is 0 Å². The minimum absolute atomic E-state index is 0.278. The maximum Gasteiger partial charge on any atom is 0.290 e. The predicted molar refractivity (Wildman–Crippen MR) is 114 cm³/mol. The van der Waals surface area contributed by atoms with Gasteiger partial charge in [0.2, 0.25) is 0 Å². The number of allylic oxidation sites excluding steroid dienone is 7. The minimum atomic E-state index is -2.80. The van der Waals surface area contributed by atoms with E-state index in [1.165, 1.54) is 11.8 Å². The molecule has 2 rings (SSSR count). The quantitative estimate of drug-likeness (QED) is 0.358. The number of carbonyl (C=O) groups excluding carboxylic acids is 1. The number of ether oxygens (including phenoxy) is 1. The van der Waals surface area contributed by atoms with Crippen LogP contribution in [0.15, 0.2) is 65.4 Å². The zero-order chi connectivity index (χ0) is 22.3.